The summed E-state index contributed by atoms with van der Waals surface area (Å²) in [6.07, 6.45) is -1.51. The Morgan fingerprint density at radius 2 is 1.83 bits per heavy atom. The zero-order valence-corrected chi connectivity index (χ0v) is 13.5. The molecule has 0 amide bonds. The van der Waals surface area contributed by atoms with E-state index in [0.29, 0.717) is 31.5 Å². The van der Waals surface area contributed by atoms with Gasteiger partial charge < -0.3 is 10.1 Å². The number of nitrogens with zero attached hydrogens (tertiary/aromatic N) is 1. The van der Waals surface area contributed by atoms with Gasteiger partial charge in [-0.2, -0.15) is 13.2 Å². The third kappa shape index (κ3) is 4.02. The molecule has 1 N–H and O–H groups in total. The normalized spacial score (nSPS) is 18.5. The predicted molar refractivity (Wildman–Crippen MR) is 78.6 cm³/mol. The van der Waals surface area contributed by atoms with Crippen LogP contribution in [0.25, 0.3) is 0 Å². The fourth-order valence-corrected chi connectivity index (χ4v) is 2.45. The molecule has 0 saturated carbocycles. The number of nitrogens with one attached hydrogen (secondary N) is 1. The number of hydrogen-bond donors (Lipinski definition) is 1. The molecule has 23 heavy (non-hydrogen) atoms. The van der Waals surface area contributed by atoms with Gasteiger partial charge in [-0.05, 0) is 39.9 Å². The average molecular weight is 330 g/mol. The maximum Gasteiger partial charge on any atom is 0.417 e. The summed E-state index contributed by atoms with van der Waals surface area (Å²) in [7, 11) is 0. The first-order chi connectivity index (χ1) is 10.5. The summed E-state index contributed by atoms with van der Waals surface area (Å²) in [5.41, 5.74) is -2.33. The molecule has 0 radical (unpaired) electrons. The van der Waals surface area contributed by atoms with Crippen molar-refractivity contribution >= 4 is 5.97 Å². The number of ether oxygens (including phenoxy) is 1. The van der Waals surface area contributed by atoms with E-state index in [1.807, 2.05) is 0 Å². The van der Waals surface area contributed by atoms with Crippen LogP contribution in [0.3, 0.4) is 0 Å². The highest BCUT2D eigenvalue weighted by molar-refractivity contribution is 5.76. The third-order valence-electron chi connectivity index (χ3n) is 3.90. The highest BCUT2D eigenvalue weighted by atomic mass is 19.4. The van der Waals surface area contributed by atoms with Crippen LogP contribution in [0.15, 0.2) is 18.5 Å². The van der Waals surface area contributed by atoms with E-state index in [1.165, 1.54) is 6.20 Å². The van der Waals surface area contributed by atoms with E-state index in [0.717, 1.165) is 12.3 Å². The Morgan fingerprint density at radius 3 is 2.35 bits per heavy atom. The van der Waals surface area contributed by atoms with Crippen LogP contribution in [0.2, 0.25) is 0 Å². The zero-order valence-electron chi connectivity index (χ0n) is 13.5. The van der Waals surface area contributed by atoms with Crippen molar-refractivity contribution in [1.29, 1.82) is 0 Å². The highest BCUT2D eigenvalue weighted by Gasteiger charge is 2.42. The lowest BCUT2D eigenvalue weighted by atomic mass is 9.84. The van der Waals surface area contributed by atoms with Gasteiger partial charge in [-0.1, -0.05) is 0 Å². The van der Waals surface area contributed by atoms with Gasteiger partial charge in [0.25, 0.3) is 0 Å². The van der Waals surface area contributed by atoms with Crippen molar-refractivity contribution < 1.29 is 22.7 Å². The number of aromatic nitrogens is 1. The second-order valence-corrected chi connectivity index (χ2v) is 6.84. The van der Waals surface area contributed by atoms with Crippen LogP contribution >= 0.6 is 0 Å². The quantitative estimate of drug-likeness (QED) is 0.846. The second-order valence-electron chi connectivity index (χ2n) is 6.84. The van der Waals surface area contributed by atoms with Crippen molar-refractivity contribution in [2.75, 3.05) is 13.1 Å². The summed E-state index contributed by atoms with van der Waals surface area (Å²) in [4.78, 5) is 16.0. The highest BCUT2D eigenvalue weighted by Crippen LogP contribution is 2.39. The van der Waals surface area contributed by atoms with E-state index in [-0.39, 0.29) is 0 Å². The van der Waals surface area contributed by atoms with Gasteiger partial charge in [0.05, 0.1) is 11.0 Å². The zero-order chi connectivity index (χ0) is 17.3. The number of alkyl halides is 3. The van der Waals surface area contributed by atoms with Crippen molar-refractivity contribution in [2.24, 2.45) is 5.41 Å². The summed E-state index contributed by atoms with van der Waals surface area (Å²) >= 11 is 0. The molecular formula is C16H21F3N2O2. The largest absolute Gasteiger partial charge is 0.454 e. The van der Waals surface area contributed by atoms with Crippen LogP contribution in [-0.2, 0) is 21.3 Å². The van der Waals surface area contributed by atoms with Crippen molar-refractivity contribution in [3.63, 3.8) is 0 Å². The van der Waals surface area contributed by atoms with Gasteiger partial charge in [-0.3, -0.25) is 9.78 Å². The number of pyridine rings is 1. The van der Waals surface area contributed by atoms with Crippen molar-refractivity contribution in [1.82, 2.24) is 10.3 Å². The van der Waals surface area contributed by atoms with Gasteiger partial charge in [-0.25, -0.2) is 0 Å². The van der Waals surface area contributed by atoms with E-state index in [2.05, 4.69) is 10.3 Å². The van der Waals surface area contributed by atoms with Crippen molar-refractivity contribution in [3.8, 4) is 0 Å². The van der Waals surface area contributed by atoms with Crippen molar-refractivity contribution in [2.45, 2.75) is 45.4 Å². The van der Waals surface area contributed by atoms with E-state index >= 15 is 0 Å². The van der Waals surface area contributed by atoms with Crippen LogP contribution < -0.4 is 5.32 Å². The Kier molecular flexibility index (Phi) is 4.71. The molecular weight excluding hydrogens is 309 g/mol. The number of halogens is 3. The van der Waals surface area contributed by atoms with Gasteiger partial charge in [-0.15, -0.1) is 0 Å². The number of carbonyl (C=O) groups excluding carboxylic acids is 1. The molecule has 1 aromatic heterocycles. The Hall–Kier alpha value is -1.63. The first-order valence-corrected chi connectivity index (χ1v) is 7.51. The lowest BCUT2D eigenvalue weighted by Gasteiger charge is -2.39. The molecule has 0 bridgehead atoms. The number of piperidine rings is 1. The number of hydrogen-bond acceptors (Lipinski definition) is 4. The molecule has 128 valence electrons. The number of rotatable bonds is 2. The molecule has 2 heterocycles. The van der Waals surface area contributed by atoms with E-state index in [9.17, 15) is 18.0 Å². The fraction of sp³-hybridized carbons (Fsp3) is 0.625. The molecule has 1 aliphatic rings. The molecule has 2 rings (SSSR count). The molecule has 4 nitrogen and oxygen atoms in total. The number of esters is 1. The maximum absolute atomic E-state index is 13.0. The standard InChI is InChI=1S/C16H21F3N2O2/c1-14(2,3)13(22)23-15(4-6-20-7-5-15)11-8-12(10-21-9-11)16(17,18)19/h8-10,20H,4-7H2,1-3H3. The molecule has 1 aliphatic heterocycles. The Bertz CT molecular complexity index is 573. The Morgan fingerprint density at radius 1 is 1.22 bits per heavy atom. The monoisotopic (exact) mass is 330 g/mol. The van der Waals surface area contributed by atoms with E-state index in [1.54, 1.807) is 20.8 Å². The summed E-state index contributed by atoms with van der Waals surface area (Å²) in [6, 6.07) is 1.04. The lowest BCUT2D eigenvalue weighted by molar-refractivity contribution is -0.174. The topological polar surface area (TPSA) is 51.2 Å². The van der Waals surface area contributed by atoms with E-state index < -0.39 is 28.7 Å². The molecule has 1 saturated heterocycles. The first kappa shape index (κ1) is 17.7. The number of carbonyl (C=O) groups is 1. The summed E-state index contributed by atoms with van der Waals surface area (Å²) in [5, 5.41) is 3.13. The fourth-order valence-electron chi connectivity index (χ4n) is 2.45. The minimum Gasteiger partial charge on any atom is -0.454 e. The van der Waals surface area contributed by atoms with Gasteiger partial charge >= 0.3 is 12.1 Å². The minimum atomic E-state index is -4.48. The van der Waals surface area contributed by atoms with Crippen LogP contribution in [0.1, 0.15) is 44.7 Å². The first-order valence-electron chi connectivity index (χ1n) is 7.51. The predicted octanol–water partition coefficient (Wildman–Crippen LogP) is 3.27. The summed E-state index contributed by atoms with van der Waals surface area (Å²) in [5.74, 6) is -0.434. The van der Waals surface area contributed by atoms with Crippen LogP contribution in [0, 0.1) is 5.41 Å². The SMILES string of the molecule is CC(C)(C)C(=O)OC1(c2cncc(C(F)(F)F)c2)CCNCC1. The summed E-state index contributed by atoms with van der Waals surface area (Å²) in [6.45, 7) is 6.28. The Balaban J connectivity index is 2.41. The van der Waals surface area contributed by atoms with Crippen LogP contribution in [-0.4, -0.2) is 24.0 Å². The van der Waals surface area contributed by atoms with Gasteiger partial charge in [0.2, 0.25) is 0 Å². The smallest absolute Gasteiger partial charge is 0.417 e. The second kappa shape index (κ2) is 6.11. The van der Waals surface area contributed by atoms with Gasteiger partial charge in [0, 0.05) is 30.8 Å². The van der Waals surface area contributed by atoms with Crippen LogP contribution in [0.5, 0.6) is 0 Å². The van der Waals surface area contributed by atoms with E-state index in [4.69, 9.17) is 4.74 Å². The van der Waals surface area contributed by atoms with Crippen LogP contribution in [0.4, 0.5) is 13.2 Å². The molecule has 0 spiro atoms. The van der Waals surface area contributed by atoms with Gasteiger partial charge in [0.1, 0.15) is 5.60 Å². The molecule has 0 aromatic carbocycles. The molecule has 0 aliphatic carbocycles. The Labute approximate surface area is 133 Å². The third-order valence-corrected chi connectivity index (χ3v) is 3.90. The molecule has 1 fully saturated rings. The molecule has 0 unspecified atom stereocenters. The molecule has 0 atom stereocenters. The average Bonchev–Trinajstić information content (AvgIpc) is 2.46. The molecule has 1 aromatic rings. The lowest BCUT2D eigenvalue weighted by Crippen LogP contribution is -2.45. The van der Waals surface area contributed by atoms with Crippen molar-refractivity contribution in [3.05, 3.63) is 29.6 Å². The van der Waals surface area contributed by atoms with Gasteiger partial charge in [0.15, 0.2) is 0 Å². The summed E-state index contributed by atoms with van der Waals surface area (Å²) < 4.78 is 44.6. The minimum absolute atomic E-state index is 0.298. The molecule has 7 heteroatoms. The maximum atomic E-state index is 13.0.